The molecule has 20 heavy (non-hydrogen) atoms. The summed E-state index contributed by atoms with van der Waals surface area (Å²) in [6.07, 6.45) is 0.950. The highest BCUT2D eigenvalue weighted by Crippen LogP contribution is 2.43. The molecule has 3 aliphatic rings. The van der Waals surface area contributed by atoms with Crippen LogP contribution in [0.5, 0.6) is 0 Å². The molecule has 3 aliphatic heterocycles. The summed E-state index contributed by atoms with van der Waals surface area (Å²) in [5, 5.41) is 6.41. The summed E-state index contributed by atoms with van der Waals surface area (Å²) in [7, 11) is 0. The number of benzene rings is 1. The number of nitrogens with zero attached hydrogens (tertiary/aromatic N) is 1. The van der Waals surface area contributed by atoms with Crippen LogP contribution in [0.2, 0.25) is 0 Å². The maximum absolute atomic E-state index is 12.9. The molecule has 0 bridgehead atoms. The van der Waals surface area contributed by atoms with E-state index < -0.39 is 0 Å². The van der Waals surface area contributed by atoms with E-state index in [1.807, 2.05) is 12.1 Å². The van der Waals surface area contributed by atoms with E-state index in [1.165, 1.54) is 12.1 Å². The molecule has 3 fully saturated rings. The zero-order valence-corrected chi connectivity index (χ0v) is 11.3. The van der Waals surface area contributed by atoms with Gasteiger partial charge in [-0.25, -0.2) is 4.39 Å². The van der Waals surface area contributed by atoms with E-state index in [0.717, 1.165) is 44.7 Å². The Morgan fingerprint density at radius 3 is 2.50 bits per heavy atom. The molecule has 2 N–H and O–H groups in total. The van der Waals surface area contributed by atoms with Gasteiger partial charge in [0.2, 0.25) is 5.91 Å². The maximum Gasteiger partial charge on any atom is 0.229 e. The van der Waals surface area contributed by atoms with Crippen LogP contribution in [0.15, 0.2) is 24.3 Å². The van der Waals surface area contributed by atoms with Gasteiger partial charge in [0.15, 0.2) is 0 Å². The maximum atomic E-state index is 12.9. The predicted octanol–water partition coefficient (Wildman–Crippen LogP) is 0.490. The number of hydrogen-bond donors (Lipinski definition) is 2. The molecule has 106 valence electrons. The van der Waals surface area contributed by atoms with Gasteiger partial charge >= 0.3 is 0 Å². The molecule has 1 aromatic carbocycles. The highest BCUT2D eigenvalue weighted by atomic mass is 19.1. The molecule has 0 radical (unpaired) electrons. The standard InChI is InChI=1S/C15H18FN3O/c16-12-3-1-11(2-4-12)5-19-9-15(10-19)6-14(8-18-15)7-17-13(14)20/h1-4,18H,5-10H2,(H,17,20). The lowest BCUT2D eigenvalue weighted by molar-refractivity contribution is -0.139. The fraction of sp³-hybridized carbons (Fsp3) is 0.533. The Labute approximate surface area is 117 Å². The number of likely N-dealkylation sites (tertiary alicyclic amines) is 1. The smallest absolute Gasteiger partial charge is 0.229 e. The number of amides is 1. The minimum absolute atomic E-state index is 0.123. The zero-order chi connectivity index (χ0) is 13.8. The normalized spacial score (nSPS) is 31.1. The quantitative estimate of drug-likeness (QED) is 0.772. The van der Waals surface area contributed by atoms with Crippen molar-refractivity contribution in [3.05, 3.63) is 35.6 Å². The first kappa shape index (κ1) is 12.3. The summed E-state index contributed by atoms with van der Waals surface area (Å²) >= 11 is 0. The number of carbonyl (C=O) groups is 1. The van der Waals surface area contributed by atoms with Gasteiger partial charge in [0.1, 0.15) is 5.82 Å². The van der Waals surface area contributed by atoms with Crippen molar-refractivity contribution in [2.45, 2.75) is 18.5 Å². The van der Waals surface area contributed by atoms with Crippen molar-refractivity contribution in [3.63, 3.8) is 0 Å². The molecule has 1 atom stereocenters. The average molecular weight is 275 g/mol. The Hall–Kier alpha value is -1.46. The Balaban J connectivity index is 1.36. The Morgan fingerprint density at radius 1 is 1.20 bits per heavy atom. The van der Waals surface area contributed by atoms with Crippen molar-refractivity contribution < 1.29 is 9.18 Å². The van der Waals surface area contributed by atoms with Gasteiger partial charge in [-0.15, -0.1) is 0 Å². The fourth-order valence-corrected chi connectivity index (χ4v) is 3.82. The summed E-state index contributed by atoms with van der Waals surface area (Å²) in [6, 6.07) is 6.69. The van der Waals surface area contributed by atoms with E-state index in [0.29, 0.717) is 0 Å². The number of β-lactam (4-membered cyclic amide) rings is 1. The summed E-state index contributed by atoms with van der Waals surface area (Å²) in [5.41, 5.74) is 1.12. The van der Waals surface area contributed by atoms with E-state index in [-0.39, 0.29) is 22.7 Å². The minimum atomic E-state index is -0.191. The lowest BCUT2D eigenvalue weighted by Gasteiger charge is -2.49. The molecule has 1 amide bonds. The summed E-state index contributed by atoms with van der Waals surface area (Å²) in [4.78, 5) is 14.0. The second-order valence-electron chi connectivity index (χ2n) is 6.55. The van der Waals surface area contributed by atoms with Crippen LogP contribution in [-0.2, 0) is 11.3 Å². The number of carbonyl (C=O) groups excluding carboxylic acids is 1. The predicted molar refractivity (Wildman–Crippen MR) is 72.5 cm³/mol. The number of nitrogens with one attached hydrogen (secondary N) is 2. The van der Waals surface area contributed by atoms with Crippen molar-refractivity contribution in [1.29, 1.82) is 0 Å². The monoisotopic (exact) mass is 275 g/mol. The van der Waals surface area contributed by atoms with Crippen LogP contribution in [0.25, 0.3) is 0 Å². The average Bonchev–Trinajstić information content (AvgIpc) is 2.82. The molecule has 3 heterocycles. The number of rotatable bonds is 2. The third kappa shape index (κ3) is 1.77. The van der Waals surface area contributed by atoms with Gasteiger partial charge in [0, 0.05) is 38.3 Å². The second kappa shape index (κ2) is 4.02. The second-order valence-corrected chi connectivity index (χ2v) is 6.55. The van der Waals surface area contributed by atoms with Gasteiger partial charge < -0.3 is 10.6 Å². The Bertz CT molecular complexity index is 553. The van der Waals surface area contributed by atoms with Crippen molar-refractivity contribution in [2.75, 3.05) is 26.2 Å². The molecule has 4 rings (SSSR count). The molecule has 4 nitrogen and oxygen atoms in total. The molecule has 1 unspecified atom stereocenters. The van der Waals surface area contributed by atoms with Gasteiger partial charge in [0.25, 0.3) is 0 Å². The van der Waals surface area contributed by atoms with Crippen molar-refractivity contribution >= 4 is 5.91 Å². The van der Waals surface area contributed by atoms with Crippen LogP contribution in [0.4, 0.5) is 4.39 Å². The largest absolute Gasteiger partial charge is 0.354 e. The molecule has 0 aliphatic carbocycles. The summed E-state index contributed by atoms with van der Waals surface area (Å²) < 4.78 is 12.9. The van der Waals surface area contributed by atoms with Gasteiger partial charge in [0.05, 0.1) is 5.41 Å². The van der Waals surface area contributed by atoms with Crippen LogP contribution in [0.1, 0.15) is 12.0 Å². The van der Waals surface area contributed by atoms with E-state index in [1.54, 1.807) is 0 Å². The minimum Gasteiger partial charge on any atom is -0.354 e. The third-order valence-electron chi connectivity index (χ3n) is 4.92. The van der Waals surface area contributed by atoms with E-state index in [2.05, 4.69) is 15.5 Å². The molecule has 1 aromatic rings. The van der Waals surface area contributed by atoms with Gasteiger partial charge in [-0.3, -0.25) is 9.69 Å². The lowest BCUT2D eigenvalue weighted by Crippen LogP contribution is -2.66. The van der Waals surface area contributed by atoms with Crippen LogP contribution in [-0.4, -0.2) is 42.5 Å². The number of halogens is 1. The first-order chi connectivity index (χ1) is 9.59. The van der Waals surface area contributed by atoms with Gasteiger partial charge in [-0.05, 0) is 24.1 Å². The highest BCUT2D eigenvalue weighted by Gasteiger charge is 2.60. The molecule has 2 spiro atoms. The van der Waals surface area contributed by atoms with Crippen LogP contribution in [0, 0.1) is 11.2 Å². The molecule has 0 aromatic heterocycles. The van der Waals surface area contributed by atoms with E-state index in [9.17, 15) is 9.18 Å². The summed E-state index contributed by atoms with van der Waals surface area (Å²) in [6.45, 7) is 4.42. The first-order valence-electron chi connectivity index (χ1n) is 7.10. The molecular weight excluding hydrogens is 257 g/mol. The molecule has 3 saturated heterocycles. The Morgan fingerprint density at radius 2 is 1.95 bits per heavy atom. The molecule has 0 saturated carbocycles. The van der Waals surface area contributed by atoms with Gasteiger partial charge in [-0.2, -0.15) is 0 Å². The highest BCUT2D eigenvalue weighted by molar-refractivity contribution is 5.89. The summed E-state index contributed by atoms with van der Waals surface area (Å²) in [5.74, 6) is 0.0167. The van der Waals surface area contributed by atoms with Crippen LogP contribution < -0.4 is 10.6 Å². The lowest BCUT2D eigenvalue weighted by atomic mass is 9.73. The Kier molecular flexibility index (Phi) is 2.47. The van der Waals surface area contributed by atoms with Crippen LogP contribution >= 0.6 is 0 Å². The van der Waals surface area contributed by atoms with Gasteiger partial charge in [-0.1, -0.05) is 12.1 Å². The zero-order valence-electron chi connectivity index (χ0n) is 11.3. The van der Waals surface area contributed by atoms with Crippen molar-refractivity contribution in [3.8, 4) is 0 Å². The number of hydrogen-bond acceptors (Lipinski definition) is 3. The van der Waals surface area contributed by atoms with E-state index in [4.69, 9.17) is 0 Å². The third-order valence-corrected chi connectivity index (χ3v) is 4.92. The molecular formula is C15H18FN3O. The SMILES string of the molecule is O=C1NCC12CNC1(CN(Cc3ccc(F)cc3)C1)C2. The topological polar surface area (TPSA) is 44.4 Å². The fourth-order valence-electron chi connectivity index (χ4n) is 3.82. The first-order valence-corrected chi connectivity index (χ1v) is 7.10. The molecule has 5 heteroatoms. The van der Waals surface area contributed by atoms with E-state index >= 15 is 0 Å². The van der Waals surface area contributed by atoms with Crippen molar-refractivity contribution in [2.24, 2.45) is 5.41 Å². The van der Waals surface area contributed by atoms with Crippen LogP contribution in [0.3, 0.4) is 0 Å². The van der Waals surface area contributed by atoms with Crippen molar-refractivity contribution in [1.82, 2.24) is 15.5 Å².